The van der Waals surface area contributed by atoms with Gasteiger partial charge in [-0.05, 0) is 30.9 Å². The molecular weight excluding hydrogens is 300 g/mol. The lowest BCUT2D eigenvalue weighted by Crippen LogP contribution is -2.42. The van der Waals surface area contributed by atoms with Gasteiger partial charge in [0.1, 0.15) is 0 Å². The molecule has 2 N–H and O–H groups in total. The molecule has 2 heterocycles. The zero-order valence-electron chi connectivity index (χ0n) is 12.1. The second-order valence-electron chi connectivity index (χ2n) is 6.40. The van der Waals surface area contributed by atoms with Crippen LogP contribution in [0.2, 0.25) is 0 Å². The van der Waals surface area contributed by atoms with Crippen molar-refractivity contribution >= 4 is 26.6 Å². The van der Waals surface area contributed by atoms with Crippen molar-refractivity contribution in [2.24, 2.45) is 0 Å². The fraction of sp³-hybridized carbons (Fsp3) is 0.438. The maximum atomic E-state index is 12.7. The summed E-state index contributed by atoms with van der Waals surface area (Å²) in [7, 11) is -2.98. The predicted molar refractivity (Wildman–Crippen MR) is 84.4 cm³/mol. The molecule has 1 aromatic carbocycles. The Balaban J connectivity index is 1.60. The number of carbonyl (C=O) groups excluding carboxylic acids is 1. The lowest BCUT2D eigenvalue weighted by Gasteiger charge is -2.18. The number of para-hydroxylation sites is 1. The van der Waals surface area contributed by atoms with Crippen molar-refractivity contribution in [3.63, 3.8) is 0 Å². The third-order valence-electron chi connectivity index (χ3n) is 4.86. The molecule has 2 aliphatic rings. The highest BCUT2D eigenvalue weighted by Crippen LogP contribution is 2.50. The Labute approximate surface area is 129 Å². The van der Waals surface area contributed by atoms with Gasteiger partial charge < -0.3 is 10.3 Å². The van der Waals surface area contributed by atoms with Gasteiger partial charge in [0.05, 0.1) is 16.9 Å². The number of carbonyl (C=O) groups is 1. The minimum absolute atomic E-state index is 0.0284. The number of rotatable bonds is 3. The third-order valence-corrected chi connectivity index (χ3v) is 6.63. The van der Waals surface area contributed by atoms with Crippen LogP contribution in [0.1, 0.15) is 24.8 Å². The predicted octanol–water partition coefficient (Wildman–Crippen LogP) is 1.50. The summed E-state index contributed by atoms with van der Waals surface area (Å²) >= 11 is 0. The number of aromatic amines is 1. The molecule has 1 aromatic heterocycles. The number of amides is 1. The molecule has 1 aliphatic carbocycles. The summed E-state index contributed by atoms with van der Waals surface area (Å²) in [6.07, 6.45) is 4.08. The standard InChI is InChI=1S/C16H18N2O3S/c19-15(18-11-5-8-22(20,21)10-11)16(6-7-16)13-9-17-14-4-2-1-3-12(13)14/h1-4,9,11,17H,5-8,10H2,(H,18,19). The second-order valence-corrected chi connectivity index (χ2v) is 8.63. The van der Waals surface area contributed by atoms with Crippen LogP contribution in [0.25, 0.3) is 10.9 Å². The summed E-state index contributed by atoms with van der Waals surface area (Å²) in [6, 6.07) is 7.72. The molecule has 1 saturated heterocycles. The average molecular weight is 318 g/mol. The molecule has 1 atom stereocenters. The fourth-order valence-electron chi connectivity index (χ4n) is 3.44. The first-order valence-corrected chi connectivity index (χ1v) is 9.40. The van der Waals surface area contributed by atoms with Crippen molar-refractivity contribution in [1.82, 2.24) is 10.3 Å². The lowest BCUT2D eigenvalue weighted by atomic mass is 9.94. The highest BCUT2D eigenvalue weighted by Gasteiger charge is 2.53. The number of fused-ring (bicyclic) bond motifs is 1. The zero-order chi connectivity index (χ0) is 15.4. The Bertz CT molecular complexity index is 849. The van der Waals surface area contributed by atoms with E-state index in [0.717, 1.165) is 29.3 Å². The number of aromatic nitrogens is 1. The Morgan fingerprint density at radius 2 is 2.05 bits per heavy atom. The van der Waals surface area contributed by atoms with E-state index in [1.54, 1.807) is 0 Å². The topological polar surface area (TPSA) is 79.0 Å². The summed E-state index contributed by atoms with van der Waals surface area (Å²) in [5.41, 5.74) is 1.58. The summed E-state index contributed by atoms with van der Waals surface area (Å²) in [5.74, 6) is 0.222. The normalized spacial score (nSPS) is 25.2. The van der Waals surface area contributed by atoms with Gasteiger partial charge in [0, 0.05) is 23.1 Å². The molecule has 1 unspecified atom stereocenters. The van der Waals surface area contributed by atoms with Gasteiger partial charge in [-0.15, -0.1) is 0 Å². The number of sulfone groups is 1. The average Bonchev–Trinajstić information content (AvgIpc) is 3.06. The van der Waals surface area contributed by atoms with E-state index in [1.165, 1.54) is 0 Å². The molecule has 6 heteroatoms. The van der Waals surface area contributed by atoms with Crippen LogP contribution < -0.4 is 5.32 Å². The van der Waals surface area contributed by atoms with Gasteiger partial charge in [-0.25, -0.2) is 8.42 Å². The maximum absolute atomic E-state index is 12.7. The van der Waals surface area contributed by atoms with E-state index < -0.39 is 15.3 Å². The molecule has 5 nitrogen and oxygen atoms in total. The summed E-state index contributed by atoms with van der Waals surface area (Å²) in [6.45, 7) is 0. The molecule has 1 amide bonds. The Kier molecular flexibility index (Phi) is 2.88. The van der Waals surface area contributed by atoms with E-state index in [1.807, 2.05) is 30.5 Å². The van der Waals surface area contributed by atoms with E-state index in [-0.39, 0.29) is 23.5 Å². The highest BCUT2D eigenvalue weighted by atomic mass is 32.2. The minimum Gasteiger partial charge on any atom is -0.361 e. The van der Waals surface area contributed by atoms with Crippen molar-refractivity contribution in [2.75, 3.05) is 11.5 Å². The number of H-pyrrole nitrogens is 1. The minimum atomic E-state index is -2.98. The maximum Gasteiger partial charge on any atom is 0.230 e. The van der Waals surface area contributed by atoms with E-state index in [0.29, 0.717) is 6.42 Å². The molecular formula is C16H18N2O3S. The zero-order valence-corrected chi connectivity index (χ0v) is 12.9. The number of benzene rings is 1. The van der Waals surface area contributed by atoms with Crippen LogP contribution in [0.15, 0.2) is 30.5 Å². The van der Waals surface area contributed by atoms with Crippen molar-refractivity contribution in [1.29, 1.82) is 0 Å². The van der Waals surface area contributed by atoms with Crippen molar-refractivity contribution in [3.8, 4) is 0 Å². The van der Waals surface area contributed by atoms with Gasteiger partial charge in [-0.3, -0.25) is 4.79 Å². The van der Waals surface area contributed by atoms with Gasteiger partial charge >= 0.3 is 0 Å². The Morgan fingerprint density at radius 1 is 1.27 bits per heavy atom. The van der Waals surface area contributed by atoms with Crippen LogP contribution in [0.5, 0.6) is 0 Å². The van der Waals surface area contributed by atoms with Crippen LogP contribution in [0, 0.1) is 0 Å². The second kappa shape index (κ2) is 4.59. The fourth-order valence-corrected chi connectivity index (χ4v) is 5.12. The molecule has 0 radical (unpaired) electrons. The summed E-state index contributed by atoms with van der Waals surface area (Å²) < 4.78 is 23.1. The summed E-state index contributed by atoms with van der Waals surface area (Å²) in [5, 5.41) is 4.04. The molecule has 1 aliphatic heterocycles. The first-order valence-electron chi connectivity index (χ1n) is 7.58. The molecule has 0 spiro atoms. The number of nitrogens with one attached hydrogen (secondary N) is 2. The van der Waals surface area contributed by atoms with E-state index >= 15 is 0 Å². The monoisotopic (exact) mass is 318 g/mol. The molecule has 116 valence electrons. The van der Waals surface area contributed by atoms with Gasteiger partial charge in [0.25, 0.3) is 0 Å². The van der Waals surface area contributed by atoms with E-state index in [2.05, 4.69) is 10.3 Å². The highest BCUT2D eigenvalue weighted by molar-refractivity contribution is 7.91. The van der Waals surface area contributed by atoms with Crippen molar-refractivity contribution < 1.29 is 13.2 Å². The van der Waals surface area contributed by atoms with Crippen LogP contribution in [-0.2, 0) is 20.0 Å². The SMILES string of the molecule is O=C(NC1CCS(=O)(=O)C1)C1(c2c[nH]c3ccccc23)CC1. The molecule has 2 aromatic rings. The van der Waals surface area contributed by atoms with Crippen LogP contribution >= 0.6 is 0 Å². The molecule has 1 saturated carbocycles. The van der Waals surface area contributed by atoms with E-state index in [4.69, 9.17) is 0 Å². The Morgan fingerprint density at radius 3 is 2.73 bits per heavy atom. The Hall–Kier alpha value is -1.82. The lowest BCUT2D eigenvalue weighted by molar-refractivity contribution is -0.124. The third kappa shape index (κ3) is 2.13. The van der Waals surface area contributed by atoms with Crippen LogP contribution in [0.3, 0.4) is 0 Å². The quantitative estimate of drug-likeness (QED) is 0.900. The van der Waals surface area contributed by atoms with E-state index in [9.17, 15) is 13.2 Å². The van der Waals surface area contributed by atoms with Crippen LogP contribution in [0.4, 0.5) is 0 Å². The van der Waals surface area contributed by atoms with Gasteiger partial charge in [-0.1, -0.05) is 18.2 Å². The van der Waals surface area contributed by atoms with Gasteiger partial charge in [0.15, 0.2) is 9.84 Å². The molecule has 2 fully saturated rings. The number of hydrogen-bond acceptors (Lipinski definition) is 3. The number of hydrogen-bond donors (Lipinski definition) is 2. The van der Waals surface area contributed by atoms with Gasteiger partial charge in [-0.2, -0.15) is 0 Å². The van der Waals surface area contributed by atoms with Crippen LogP contribution in [-0.4, -0.2) is 36.9 Å². The first-order chi connectivity index (χ1) is 10.5. The molecule has 4 rings (SSSR count). The molecule has 0 bridgehead atoms. The van der Waals surface area contributed by atoms with Gasteiger partial charge in [0.2, 0.25) is 5.91 Å². The first kappa shape index (κ1) is 13.8. The molecule has 22 heavy (non-hydrogen) atoms. The summed E-state index contributed by atoms with van der Waals surface area (Å²) in [4.78, 5) is 15.9. The van der Waals surface area contributed by atoms with Crippen molar-refractivity contribution in [3.05, 3.63) is 36.0 Å². The van der Waals surface area contributed by atoms with Crippen molar-refractivity contribution in [2.45, 2.75) is 30.7 Å². The smallest absolute Gasteiger partial charge is 0.230 e. The largest absolute Gasteiger partial charge is 0.361 e.